The summed E-state index contributed by atoms with van der Waals surface area (Å²) in [5.74, 6) is 1.69. The third-order valence-electron chi connectivity index (χ3n) is 2.86. The van der Waals surface area contributed by atoms with Crippen molar-refractivity contribution < 1.29 is 4.52 Å². The number of H-pyrrole nitrogens is 1. The highest BCUT2D eigenvalue weighted by atomic mass is 35.5. The van der Waals surface area contributed by atoms with Gasteiger partial charge in [-0.1, -0.05) is 28.9 Å². The first-order chi connectivity index (χ1) is 10.2. The molecule has 0 bridgehead atoms. The van der Waals surface area contributed by atoms with Gasteiger partial charge in [0.1, 0.15) is 11.4 Å². The molecule has 0 aliphatic carbocycles. The molecule has 0 aliphatic rings. The minimum absolute atomic E-state index is 0.298. The van der Waals surface area contributed by atoms with Gasteiger partial charge in [0.15, 0.2) is 5.82 Å². The van der Waals surface area contributed by atoms with Gasteiger partial charge in [-0.3, -0.25) is 5.10 Å². The molecule has 7 nitrogen and oxygen atoms in total. The first kappa shape index (κ1) is 13.4. The van der Waals surface area contributed by atoms with Crippen LogP contribution in [0.4, 0.5) is 11.6 Å². The largest absolute Gasteiger partial charge is 0.383 e. The highest BCUT2D eigenvalue weighted by Gasteiger charge is 2.20. The minimum atomic E-state index is 0.298. The molecule has 3 aromatic rings. The molecule has 21 heavy (non-hydrogen) atoms. The van der Waals surface area contributed by atoms with E-state index in [4.69, 9.17) is 21.9 Å². The van der Waals surface area contributed by atoms with Crippen LogP contribution in [0, 0.1) is 0 Å². The van der Waals surface area contributed by atoms with Crippen LogP contribution in [0.1, 0.15) is 6.92 Å². The molecule has 2 aromatic heterocycles. The van der Waals surface area contributed by atoms with Crippen molar-refractivity contribution in [1.29, 1.82) is 0 Å². The number of rotatable bonds is 4. The number of nitrogens with zero attached hydrogens (tertiary/aromatic N) is 3. The number of anilines is 2. The van der Waals surface area contributed by atoms with E-state index in [0.717, 1.165) is 5.56 Å². The topological polar surface area (TPSA) is 106 Å². The molecule has 108 valence electrons. The van der Waals surface area contributed by atoms with E-state index in [1.54, 1.807) is 12.1 Å². The fraction of sp³-hybridized carbons (Fsp3) is 0.154. The lowest BCUT2D eigenvalue weighted by atomic mass is 10.2. The summed E-state index contributed by atoms with van der Waals surface area (Å²) in [6.45, 7) is 2.66. The number of halogens is 1. The molecule has 4 N–H and O–H groups in total. The van der Waals surface area contributed by atoms with Gasteiger partial charge in [-0.25, -0.2) is 0 Å². The number of benzene rings is 1. The Balaban J connectivity index is 2.01. The van der Waals surface area contributed by atoms with E-state index in [9.17, 15) is 0 Å². The zero-order valence-corrected chi connectivity index (χ0v) is 12.0. The Morgan fingerprint density at radius 3 is 3.05 bits per heavy atom. The van der Waals surface area contributed by atoms with E-state index in [-0.39, 0.29) is 0 Å². The number of nitrogens with one attached hydrogen (secondary N) is 2. The molecule has 0 radical (unpaired) electrons. The lowest BCUT2D eigenvalue weighted by Crippen LogP contribution is -1.98. The van der Waals surface area contributed by atoms with Gasteiger partial charge in [0.2, 0.25) is 5.82 Å². The van der Waals surface area contributed by atoms with Crippen molar-refractivity contribution in [3.05, 3.63) is 29.3 Å². The van der Waals surface area contributed by atoms with E-state index in [0.29, 0.717) is 40.5 Å². The number of aromatic nitrogens is 4. The zero-order chi connectivity index (χ0) is 14.8. The highest BCUT2D eigenvalue weighted by Crippen LogP contribution is 2.31. The van der Waals surface area contributed by atoms with E-state index in [1.165, 1.54) is 0 Å². The fourth-order valence-corrected chi connectivity index (χ4v) is 2.13. The molecule has 0 spiro atoms. The van der Waals surface area contributed by atoms with Crippen LogP contribution in [0.5, 0.6) is 0 Å². The van der Waals surface area contributed by atoms with Crippen LogP contribution >= 0.6 is 11.6 Å². The number of hydrogen-bond donors (Lipinski definition) is 3. The van der Waals surface area contributed by atoms with Crippen molar-refractivity contribution in [3.63, 3.8) is 0 Å². The summed E-state index contributed by atoms with van der Waals surface area (Å²) < 4.78 is 5.29. The maximum atomic E-state index is 5.96. The van der Waals surface area contributed by atoms with E-state index >= 15 is 0 Å². The van der Waals surface area contributed by atoms with Crippen LogP contribution in [0.3, 0.4) is 0 Å². The van der Waals surface area contributed by atoms with Gasteiger partial charge in [-0.2, -0.15) is 10.1 Å². The summed E-state index contributed by atoms with van der Waals surface area (Å²) >= 11 is 5.96. The van der Waals surface area contributed by atoms with Crippen LogP contribution in [0.15, 0.2) is 28.8 Å². The van der Waals surface area contributed by atoms with E-state index in [1.807, 2.05) is 19.1 Å². The van der Waals surface area contributed by atoms with Gasteiger partial charge in [0, 0.05) is 17.1 Å². The molecule has 1 aromatic carbocycles. The van der Waals surface area contributed by atoms with Crippen LogP contribution in [0.2, 0.25) is 5.02 Å². The summed E-state index contributed by atoms with van der Waals surface area (Å²) in [6, 6.07) is 7.22. The number of nitrogen functional groups attached to an aromatic ring is 1. The molecular weight excluding hydrogens is 292 g/mol. The molecular formula is C13H13ClN6O. The minimum Gasteiger partial charge on any atom is -0.383 e. The molecule has 0 saturated carbocycles. The Labute approximate surface area is 125 Å². The van der Waals surface area contributed by atoms with Crippen molar-refractivity contribution in [3.8, 4) is 22.8 Å². The number of nitrogens with two attached hydrogens (primary N) is 1. The maximum absolute atomic E-state index is 5.96. The molecule has 0 atom stereocenters. The van der Waals surface area contributed by atoms with Crippen LogP contribution in [0.25, 0.3) is 22.8 Å². The maximum Gasteiger partial charge on any atom is 0.265 e. The summed E-state index contributed by atoms with van der Waals surface area (Å²) in [5, 5.41) is 14.4. The van der Waals surface area contributed by atoms with E-state index in [2.05, 4.69) is 25.7 Å². The van der Waals surface area contributed by atoms with Gasteiger partial charge < -0.3 is 15.6 Å². The van der Waals surface area contributed by atoms with Crippen molar-refractivity contribution in [2.75, 3.05) is 17.6 Å². The third kappa shape index (κ3) is 2.55. The molecule has 0 unspecified atom stereocenters. The Bertz CT molecular complexity index is 766. The molecule has 8 heteroatoms. The molecule has 0 fully saturated rings. The lowest BCUT2D eigenvalue weighted by Gasteiger charge is -1.99. The summed E-state index contributed by atoms with van der Waals surface area (Å²) in [7, 11) is 0. The predicted molar refractivity (Wildman–Crippen MR) is 80.9 cm³/mol. The number of hydrogen-bond acceptors (Lipinski definition) is 6. The second kappa shape index (κ2) is 5.45. The summed E-state index contributed by atoms with van der Waals surface area (Å²) in [4.78, 5) is 4.35. The summed E-state index contributed by atoms with van der Waals surface area (Å²) in [6.07, 6.45) is 0. The van der Waals surface area contributed by atoms with Gasteiger partial charge >= 0.3 is 0 Å². The Kier molecular flexibility index (Phi) is 3.49. The third-order valence-corrected chi connectivity index (χ3v) is 3.10. The molecule has 3 rings (SSSR count). The highest BCUT2D eigenvalue weighted by molar-refractivity contribution is 6.30. The quantitative estimate of drug-likeness (QED) is 0.684. The van der Waals surface area contributed by atoms with Crippen molar-refractivity contribution in [1.82, 2.24) is 20.3 Å². The van der Waals surface area contributed by atoms with Crippen LogP contribution in [-0.4, -0.2) is 26.9 Å². The van der Waals surface area contributed by atoms with Gasteiger partial charge in [0.25, 0.3) is 5.89 Å². The molecule has 0 aliphatic heterocycles. The second-order valence-electron chi connectivity index (χ2n) is 4.32. The average molecular weight is 305 g/mol. The van der Waals surface area contributed by atoms with Crippen molar-refractivity contribution in [2.24, 2.45) is 0 Å². The molecule has 0 saturated heterocycles. The second-order valence-corrected chi connectivity index (χ2v) is 4.76. The monoisotopic (exact) mass is 304 g/mol. The normalized spacial score (nSPS) is 10.8. The number of aromatic amines is 1. The predicted octanol–water partition coefficient (Wildman–Crippen LogP) is 2.79. The van der Waals surface area contributed by atoms with Gasteiger partial charge in [-0.05, 0) is 19.1 Å². The van der Waals surface area contributed by atoms with Crippen molar-refractivity contribution in [2.45, 2.75) is 6.92 Å². The van der Waals surface area contributed by atoms with Crippen LogP contribution in [-0.2, 0) is 0 Å². The van der Waals surface area contributed by atoms with Gasteiger partial charge in [0.05, 0.1) is 0 Å². The standard InChI is InChI=1S/C13H13ClN6O/c1-2-16-12-9(10(15)18-19-12)13-17-11(20-21-13)7-4-3-5-8(14)6-7/h3-6H,2H2,1H3,(H4,15,16,18,19). The molecule has 0 amide bonds. The van der Waals surface area contributed by atoms with E-state index < -0.39 is 0 Å². The van der Waals surface area contributed by atoms with Crippen molar-refractivity contribution >= 4 is 23.2 Å². The zero-order valence-electron chi connectivity index (χ0n) is 11.2. The van der Waals surface area contributed by atoms with Crippen LogP contribution < -0.4 is 11.1 Å². The first-order valence-electron chi connectivity index (χ1n) is 6.36. The average Bonchev–Trinajstić information content (AvgIpc) is 3.06. The lowest BCUT2D eigenvalue weighted by molar-refractivity contribution is 0.432. The summed E-state index contributed by atoms with van der Waals surface area (Å²) in [5.41, 5.74) is 7.20. The smallest absolute Gasteiger partial charge is 0.265 e. The van der Waals surface area contributed by atoms with Gasteiger partial charge in [-0.15, -0.1) is 0 Å². The fourth-order valence-electron chi connectivity index (χ4n) is 1.94. The Morgan fingerprint density at radius 1 is 1.43 bits per heavy atom. The first-order valence-corrected chi connectivity index (χ1v) is 6.74. The Morgan fingerprint density at radius 2 is 2.29 bits per heavy atom. The molecule has 2 heterocycles. The Hall–Kier alpha value is -2.54. The SMILES string of the molecule is CCNc1n[nH]c(N)c1-c1nc(-c2cccc(Cl)c2)no1.